The average molecular weight is 125 g/mol. The lowest BCUT2D eigenvalue weighted by Gasteiger charge is -1.61. The minimum absolute atomic E-state index is 0.977. The zero-order chi connectivity index (χ0) is 5.40. The molecule has 0 aliphatic rings. The van der Waals surface area contributed by atoms with Crippen LogP contribution in [0.4, 0.5) is 0 Å². The first-order valence-electron chi connectivity index (χ1n) is 2.20. The fourth-order valence-electron chi connectivity index (χ4n) is 0.586. The Labute approximate surface area is 49.5 Å². The van der Waals surface area contributed by atoms with Crippen molar-refractivity contribution >= 4 is 21.9 Å². The van der Waals surface area contributed by atoms with E-state index in [4.69, 9.17) is 0 Å². The monoisotopic (exact) mass is 125 g/mol. The van der Waals surface area contributed by atoms with Crippen LogP contribution in [0.5, 0.6) is 0 Å². The lowest BCUT2D eigenvalue weighted by atomic mass is 10.7. The van der Waals surface area contributed by atoms with Crippen molar-refractivity contribution in [2.75, 3.05) is 0 Å². The van der Waals surface area contributed by atoms with Crippen molar-refractivity contribution in [3.63, 3.8) is 0 Å². The minimum Gasteiger partial charge on any atom is -0.343 e. The molecule has 0 unspecified atom stereocenters. The molecular weight excluding hydrogens is 122 g/mol. The molecule has 40 valence electrons. The zero-order valence-electron chi connectivity index (χ0n) is 3.96. The largest absolute Gasteiger partial charge is 0.343 e. The van der Waals surface area contributed by atoms with Crippen LogP contribution in [-0.2, 0) is 0 Å². The van der Waals surface area contributed by atoms with Crippen molar-refractivity contribution in [2.24, 2.45) is 0 Å². The lowest BCUT2D eigenvalue weighted by molar-refractivity contribution is 1.34. The van der Waals surface area contributed by atoms with Gasteiger partial charge in [0, 0.05) is 0 Å². The number of fused-ring (bicyclic) bond motifs is 1. The number of H-pyrrole nitrogens is 1. The molecule has 0 aliphatic heterocycles. The summed E-state index contributed by atoms with van der Waals surface area (Å²) in [5.74, 6) is 0. The van der Waals surface area contributed by atoms with Gasteiger partial charge in [0.1, 0.15) is 0 Å². The first-order valence-corrected chi connectivity index (χ1v) is 2.98. The summed E-state index contributed by atoms with van der Waals surface area (Å²) in [6.07, 6.45) is 3.44. The van der Waals surface area contributed by atoms with Gasteiger partial charge in [0.05, 0.1) is 18.0 Å². The van der Waals surface area contributed by atoms with E-state index >= 15 is 0 Å². The van der Waals surface area contributed by atoms with Gasteiger partial charge in [-0.2, -0.15) is 4.37 Å². The van der Waals surface area contributed by atoms with Crippen LogP contribution in [0.25, 0.3) is 10.3 Å². The highest BCUT2D eigenvalue weighted by Gasteiger charge is 1.93. The molecule has 4 heteroatoms. The van der Waals surface area contributed by atoms with E-state index in [-0.39, 0.29) is 0 Å². The second-order valence-electron chi connectivity index (χ2n) is 1.45. The van der Waals surface area contributed by atoms with Crippen LogP contribution in [-0.4, -0.2) is 14.3 Å². The molecule has 2 aromatic rings. The molecule has 8 heavy (non-hydrogen) atoms. The molecule has 1 N–H and O–H groups in total. The molecule has 0 saturated heterocycles. The average Bonchev–Trinajstić information content (AvgIpc) is 2.15. The molecule has 0 fully saturated rings. The summed E-state index contributed by atoms with van der Waals surface area (Å²) in [6, 6.07) is 0. The van der Waals surface area contributed by atoms with Crippen LogP contribution in [0.3, 0.4) is 0 Å². The number of nitrogens with one attached hydrogen (secondary N) is 1. The van der Waals surface area contributed by atoms with Crippen molar-refractivity contribution in [1.29, 1.82) is 0 Å². The molecule has 0 atom stereocenters. The van der Waals surface area contributed by atoms with Gasteiger partial charge in [-0.05, 0) is 11.5 Å². The van der Waals surface area contributed by atoms with E-state index < -0.39 is 0 Å². The third-order valence-electron chi connectivity index (χ3n) is 0.953. The summed E-state index contributed by atoms with van der Waals surface area (Å²) < 4.78 is 3.91. The Morgan fingerprint density at radius 1 is 1.62 bits per heavy atom. The van der Waals surface area contributed by atoms with E-state index in [1.54, 1.807) is 12.5 Å². The summed E-state index contributed by atoms with van der Waals surface area (Å²) in [5.41, 5.74) is 1.02. The first-order chi connectivity index (χ1) is 3.97. The van der Waals surface area contributed by atoms with Crippen molar-refractivity contribution in [3.8, 4) is 0 Å². The Balaban J connectivity index is 3.06. The second-order valence-corrected chi connectivity index (χ2v) is 2.23. The molecule has 0 spiro atoms. The fraction of sp³-hybridized carbons (Fsp3) is 0. The molecule has 0 aliphatic carbocycles. The summed E-state index contributed by atoms with van der Waals surface area (Å²) in [6.45, 7) is 0. The summed E-state index contributed by atoms with van der Waals surface area (Å²) >= 11 is 1.40. The van der Waals surface area contributed by atoms with Gasteiger partial charge in [-0.3, -0.25) is 0 Å². The molecule has 0 saturated carbocycles. The molecule has 2 rings (SSSR count). The molecule has 3 nitrogen and oxygen atoms in total. The fourth-order valence-corrected chi connectivity index (χ4v) is 1.15. The number of aromatic amines is 1. The molecule has 0 bridgehead atoms. The Morgan fingerprint density at radius 2 is 2.62 bits per heavy atom. The number of aromatic nitrogens is 3. The number of nitrogens with zero attached hydrogens (tertiary/aromatic N) is 2. The van der Waals surface area contributed by atoms with Gasteiger partial charge in [-0.15, -0.1) is 0 Å². The van der Waals surface area contributed by atoms with Crippen molar-refractivity contribution in [1.82, 2.24) is 14.3 Å². The van der Waals surface area contributed by atoms with Crippen LogP contribution in [0, 0.1) is 0 Å². The normalized spacial score (nSPS) is 10.5. The van der Waals surface area contributed by atoms with E-state index in [2.05, 4.69) is 14.3 Å². The molecule has 2 heterocycles. The smallest absolute Gasteiger partial charge is 0.161 e. The van der Waals surface area contributed by atoms with Gasteiger partial charge >= 0.3 is 0 Å². The first kappa shape index (κ1) is 4.03. The molecule has 0 aromatic carbocycles. The molecular formula is C4H3N3S. The van der Waals surface area contributed by atoms with E-state index in [0.29, 0.717) is 0 Å². The van der Waals surface area contributed by atoms with E-state index in [9.17, 15) is 0 Å². The predicted octanol–water partition coefficient (Wildman–Crippen LogP) is 1.02. The van der Waals surface area contributed by atoms with Crippen LogP contribution in [0.15, 0.2) is 12.5 Å². The quantitative estimate of drug-likeness (QED) is 0.571. The van der Waals surface area contributed by atoms with Crippen LogP contribution < -0.4 is 0 Å². The maximum Gasteiger partial charge on any atom is 0.161 e. The number of hydrogen-bond donors (Lipinski definition) is 1. The van der Waals surface area contributed by atoms with Crippen LogP contribution in [0.2, 0.25) is 0 Å². The standard InChI is InChI=1S/C4H3N3S/c1-3-4(8-7-1)6-2-5-3/h1-2H,(H,5,6). The summed E-state index contributed by atoms with van der Waals surface area (Å²) in [5, 5.41) is 0. The topological polar surface area (TPSA) is 41.6 Å². The minimum atomic E-state index is 0.977. The molecule has 0 amide bonds. The molecule has 2 aromatic heterocycles. The van der Waals surface area contributed by atoms with Gasteiger partial charge in [0.2, 0.25) is 0 Å². The molecule has 0 radical (unpaired) electrons. The highest BCUT2D eigenvalue weighted by molar-refractivity contribution is 7.12. The Bertz CT molecular complexity index is 233. The van der Waals surface area contributed by atoms with Gasteiger partial charge in [0.25, 0.3) is 0 Å². The second kappa shape index (κ2) is 1.29. The Morgan fingerprint density at radius 3 is 3.50 bits per heavy atom. The van der Waals surface area contributed by atoms with Crippen molar-refractivity contribution in [2.45, 2.75) is 0 Å². The van der Waals surface area contributed by atoms with Crippen LogP contribution >= 0.6 is 11.5 Å². The van der Waals surface area contributed by atoms with E-state index in [1.165, 1.54) is 11.5 Å². The highest BCUT2D eigenvalue weighted by Crippen LogP contribution is 2.10. The van der Waals surface area contributed by atoms with Gasteiger partial charge in [0.15, 0.2) is 4.83 Å². The maximum atomic E-state index is 3.98. The van der Waals surface area contributed by atoms with E-state index in [1.807, 2.05) is 0 Å². The zero-order valence-corrected chi connectivity index (χ0v) is 4.77. The SMILES string of the molecule is c1nc2sncc2[nH]1. The lowest BCUT2D eigenvalue weighted by Crippen LogP contribution is -1.52. The van der Waals surface area contributed by atoms with E-state index in [0.717, 1.165) is 10.3 Å². The number of imidazole rings is 1. The van der Waals surface area contributed by atoms with Gasteiger partial charge < -0.3 is 4.98 Å². The third-order valence-corrected chi connectivity index (χ3v) is 1.66. The number of hydrogen-bond acceptors (Lipinski definition) is 3. The van der Waals surface area contributed by atoms with Gasteiger partial charge in [-0.25, -0.2) is 4.98 Å². The summed E-state index contributed by atoms with van der Waals surface area (Å²) in [7, 11) is 0. The Kier molecular flexibility index (Phi) is 0.648. The summed E-state index contributed by atoms with van der Waals surface area (Å²) in [4.78, 5) is 7.89. The van der Waals surface area contributed by atoms with Crippen LogP contribution in [0.1, 0.15) is 0 Å². The third kappa shape index (κ3) is 0.376. The highest BCUT2D eigenvalue weighted by atomic mass is 32.1. The number of rotatable bonds is 0. The Hall–Kier alpha value is -0.900. The van der Waals surface area contributed by atoms with Gasteiger partial charge in [-0.1, -0.05) is 0 Å². The van der Waals surface area contributed by atoms with Crippen molar-refractivity contribution in [3.05, 3.63) is 12.5 Å². The predicted molar refractivity (Wildman–Crippen MR) is 31.8 cm³/mol. The maximum absolute atomic E-state index is 3.98. The van der Waals surface area contributed by atoms with Crippen molar-refractivity contribution < 1.29 is 0 Å².